The topological polar surface area (TPSA) is 80.0 Å². The summed E-state index contributed by atoms with van der Waals surface area (Å²) in [5.41, 5.74) is 6.01. The Labute approximate surface area is 82.7 Å². The Morgan fingerprint density at radius 2 is 2.29 bits per heavy atom. The summed E-state index contributed by atoms with van der Waals surface area (Å²) in [5, 5.41) is 5.52. The summed E-state index contributed by atoms with van der Waals surface area (Å²) in [4.78, 5) is 14.5. The average molecular weight is 194 g/mol. The van der Waals surface area contributed by atoms with Crippen molar-refractivity contribution in [1.82, 2.24) is 10.3 Å². The number of nitrogens with two attached hydrogens (primary N) is 1. The third kappa shape index (κ3) is 3.75. The number of pyridine rings is 1. The lowest BCUT2D eigenvalue weighted by atomic mass is 10.3. The number of nitrogens with one attached hydrogen (secondary N) is 2. The molecule has 2 amide bonds. The van der Waals surface area contributed by atoms with Gasteiger partial charge in [-0.05, 0) is 18.6 Å². The van der Waals surface area contributed by atoms with Crippen LogP contribution in [0, 0.1) is 6.92 Å². The normalized spacial score (nSPS) is 9.50. The minimum Gasteiger partial charge on any atom is -0.368 e. The molecule has 1 rings (SSSR count). The first-order valence-corrected chi connectivity index (χ1v) is 4.38. The third-order valence-electron chi connectivity index (χ3n) is 1.64. The lowest BCUT2D eigenvalue weighted by molar-refractivity contribution is 0.249. The van der Waals surface area contributed by atoms with Crippen molar-refractivity contribution in [2.24, 2.45) is 5.73 Å². The van der Waals surface area contributed by atoms with Crippen LogP contribution >= 0.6 is 0 Å². The molecule has 0 aromatic carbocycles. The number of carbonyl (C=O) groups is 1. The minimum absolute atomic E-state index is 0.491. The predicted octanol–water partition coefficient (Wildman–Crippen LogP) is 0.470. The van der Waals surface area contributed by atoms with E-state index in [9.17, 15) is 4.79 Å². The van der Waals surface area contributed by atoms with Crippen LogP contribution in [0.2, 0.25) is 0 Å². The van der Waals surface area contributed by atoms with Crippen molar-refractivity contribution in [3.8, 4) is 0 Å². The molecule has 0 radical (unpaired) electrons. The second-order valence-electron chi connectivity index (χ2n) is 2.94. The molecular weight excluding hydrogens is 180 g/mol. The first-order chi connectivity index (χ1) is 6.68. The summed E-state index contributed by atoms with van der Waals surface area (Å²) in [6, 6.07) is 3.35. The Morgan fingerprint density at radius 3 is 2.86 bits per heavy atom. The van der Waals surface area contributed by atoms with E-state index in [4.69, 9.17) is 5.73 Å². The molecule has 0 aliphatic heterocycles. The SMILES string of the molecule is Cc1ccc(NCCNC(N)=O)nc1. The van der Waals surface area contributed by atoms with Crippen LogP contribution in [-0.2, 0) is 0 Å². The number of hydrogen-bond acceptors (Lipinski definition) is 3. The number of aryl methyl sites for hydroxylation is 1. The smallest absolute Gasteiger partial charge is 0.312 e. The highest BCUT2D eigenvalue weighted by molar-refractivity contribution is 5.71. The van der Waals surface area contributed by atoms with E-state index in [-0.39, 0.29) is 0 Å². The van der Waals surface area contributed by atoms with Crippen LogP contribution in [-0.4, -0.2) is 24.1 Å². The molecule has 0 atom stereocenters. The van der Waals surface area contributed by atoms with Crippen LogP contribution in [0.3, 0.4) is 0 Å². The number of nitrogens with zero attached hydrogens (tertiary/aromatic N) is 1. The Hall–Kier alpha value is -1.78. The molecule has 0 bridgehead atoms. The molecule has 1 aromatic rings. The van der Waals surface area contributed by atoms with E-state index in [0.717, 1.165) is 11.4 Å². The maximum Gasteiger partial charge on any atom is 0.312 e. The van der Waals surface area contributed by atoms with Gasteiger partial charge in [0, 0.05) is 19.3 Å². The number of aromatic nitrogens is 1. The Bertz CT molecular complexity index is 296. The average Bonchev–Trinajstić information content (AvgIpc) is 2.15. The summed E-state index contributed by atoms with van der Waals surface area (Å²) in [6.07, 6.45) is 1.78. The van der Waals surface area contributed by atoms with Crippen molar-refractivity contribution in [1.29, 1.82) is 0 Å². The summed E-state index contributed by atoms with van der Waals surface area (Å²) in [7, 11) is 0. The van der Waals surface area contributed by atoms with Gasteiger partial charge in [-0.15, -0.1) is 0 Å². The second kappa shape index (κ2) is 5.06. The van der Waals surface area contributed by atoms with E-state index in [1.54, 1.807) is 6.20 Å². The zero-order valence-electron chi connectivity index (χ0n) is 8.08. The molecular formula is C9H14N4O. The monoisotopic (exact) mass is 194 g/mol. The fraction of sp³-hybridized carbons (Fsp3) is 0.333. The van der Waals surface area contributed by atoms with Gasteiger partial charge in [0.15, 0.2) is 0 Å². The van der Waals surface area contributed by atoms with Crippen molar-refractivity contribution in [3.63, 3.8) is 0 Å². The van der Waals surface area contributed by atoms with Crippen LogP contribution in [0.1, 0.15) is 5.56 Å². The predicted molar refractivity (Wildman–Crippen MR) is 55.0 cm³/mol. The molecule has 0 aliphatic carbocycles. The molecule has 5 nitrogen and oxygen atoms in total. The van der Waals surface area contributed by atoms with Gasteiger partial charge < -0.3 is 16.4 Å². The summed E-state index contributed by atoms with van der Waals surface area (Å²) in [6.45, 7) is 3.08. The quantitative estimate of drug-likeness (QED) is 0.609. The number of primary amides is 1. The van der Waals surface area contributed by atoms with Gasteiger partial charge in [-0.2, -0.15) is 0 Å². The zero-order valence-corrected chi connectivity index (χ0v) is 8.08. The molecule has 1 heterocycles. The minimum atomic E-state index is -0.510. The third-order valence-corrected chi connectivity index (χ3v) is 1.64. The van der Waals surface area contributed by atoms with Crippen molar-refractivity contribution in [3.05, 3.63) is 23.9 Å². The van der Waals surface area contributed by atoms with E-state index in [0.29, 0.717) is 13.1 Å². The van der Waals surface area contributed by atoms with Gasteiger partial charge in [0.05, 0.1) is 0 Å². The fourth-order valence-electron chi connectivity index (χ4n) is 0.949. The molecule has 5 heteroatoms. The van der Waals surface area contributed by atoms with E-state index in [2.05, 4.69) is 15.6 Å². The van der Waals surface area contributed by atoms with Gasteiger partial charge in [0.2, 0.25) is 0 Å². The molecule has 0 spiro atoms. The van der Waals surface area contributed by atoms with Crippen molar-refractivity contribution in [2.75, 3.05) is 18.4 Å². The molecule has 4 N–H and O–H groups in total. The van der Waals surface area contributed by atoms with E-state index < -0.39 is 6.03 Å². The molecule has 0 fully saturated rings. The molecule has 1 aromatic heterocycles. The van der Waals surface area contributed by atoms with Gasteiger partial charge in [-0.1, -0.05) is 6.07 Å². The number of carbonyl (C=O) groups excluding carboxylic acids is 1. The number of hydrogen-bond donors (Lipinski definition) is 3. The van der Waals surface area contributed by atoms with Gasteiger partial charge in [-0.25, -0.2) is 9.78 Å². The first kappa shape index (κ1) is 10.3. The molecule has 0 aliphatic rings. The van der Waals surface area contributed by atoms with Crippen LogP contribution in [0.4, 0.5) is 10.6 Å². The Morgan fingerprint density at radius 1 is 1.50 bits per heavy atom. The Balaban J connectivity index is 2.25. The standard InChI is InChI=1S/C9H14N4O/c1-7-2-3-8(13-6-7)11-4-5-12-9(10)14/h2-3,6H,4-5H2,1H3,(H,11,13)(H3,10,12,14). The maximum atomic E-state index is 10.3. The van der Waals surface area contributed by atoms with Crippen molar-refractivity contribution >= 4 is 11.8 Å². The highest BCUT2D eigenvalue weighted by Gasteiger charge is 1.93. The number of urea groups is 1. The molecule has 0 saturated heterocycles. The Kier molecular flexibility index (Phi) is 3.72. The molecule has 76 valence electrons. The molecule has 0 unspecified atom stereocenters. The van der Waals surface area contributed by atoms with Gasteiger partial charge in [0.25, 0.3) is 0 Å². The van der Waals surface area contributed by atoms with Gasteiger partial charge in [0.1, 0.15) is 5.82 Å². The first-order valence-electron chi connectivity index (χ1n) is 4.38. The fourth-order valence-corrected chi connectivity index (χ4v) is 0.949. The van der Waals surface area contributed by atoms with Gasteiger partial charge >= 0.3 is 6.03 Å². The van der Waals surface area contributed by atoms with Crippen LogP contribution in [0.15, 0.2) is 18.3 Å². The lowest BCUT2D eigenvalue weighted by Crippen LogP contribution is -2.33. The molecule has 0 saturated carbocycles. The number of anilines is 1. The highest BCUT2D eigenvalue weighted by Crippen LogP contribution is 2.02. The van der Waals surface area contributed by atoms with Gasteiger partial charge in [-0.3, -0.25) is 0 Å². The van der Waals surface area contributed by atoms with Crippen LogP contribution in [0.5, 0.6) is 0 Å². The second-order valence-corrected chi connectivity index (χ2v) is 2.94. The largest absolute Gasteiger partial charge is 0.368 e. The number of rotatable bonds is 4. The van der Waals surface area contributed by atoms with Crippen LogP contribution in [0.25, 0.3) is 0 Å². The molecule has 14 heavy (non-hydrogen) atoms. The number of amides is 2. The van der Waals surface area contributed by atoms with E-state index >= 15 is 0 Å². The highest BCUT2D eigenvalue weighted by atomic mass is 16.2. The van der Waals surface area contributed by atoms with E-state index in [1.165, 1.54) is 0 Å². The lowest BCUT2D eigenvalue weighted by Gasteiger charge is -2.05. The van der Waals surface area contributed by atoms with Crippen molar-refractivity contribution in [2.45, 2.75) is 6.92 Å². The van der Waals surface area contributed by atoms with Crippen LogP contribution < -0.4 is 16.4 Å². The summed E-state index contributed by atoms with van der Waals surface area (Å²) >= 11 is 0. The summed E-state index contributed by atoms with van der Waals surface area (Å²) in [5.74, 6) is 0.793. The van der Waals surface area contributed by atoms with Crippen molar-refractivity contribution < 1.29 is 4.79 Å². The zero-order chi connectivity index (χ0) is 10.4. The summed E-state index contributed by atoms with van der Waals surface area (Å²) < 4.78 is 0. The maximum absolute atomic E-state index is 10.3. The van der Waals surface area contributed by atoms with E-state index in [1.807, 2.05) is 19.1 Å².